The summed E-state index contributed by atoms with van der Waals surface area (Å²) in [5, 5.41) is 14.7. The first-order chi connectivity index (χ1) is 8.11. The Kier molecular flexibility index (Phi) is 3.87. The molecule has 0 unspecified atom stereocenters. The Bertz CT molecular complexity index is 351. The fraction of sp³-hybridized carbons (Fsp3) is 0.786. The quantitative estimate of drug-likeness (QED) is 0.873. The average molecular weight is 236 g/mol. The Balaban J connectivity index is 1.89. The predicted octanol–water partition coefficient (Wildman–Crippen LogP) is 2.68. The number of aryl methyl sites for hydroxylation is 1. The minimum Gasteiger partial charge on any atom is -0.390 e. The van der Waals surface area contributed by atoms with E-state index in [2.05, 4.69) is 12.0 Å². The lowest BCUT2D eigenvalue weighted by Crippen LogP contribution is -2.36. The van der Waals surface area contributed by atoms with Crippen molar-refractivity contribution in [3.63, 3.8) is 0 Å². The third-order valence-corrected chi connectivity index (χ3v) is 4.02. The molecule has 0 saturated heterocycles. The van der Waals surface area contributed by atoms with E-state index in [1.807, 2.05) is 19.4 Å². The van der Waals surface area contributed by atoms with Crippen LogP contribution in [0, 0.1) is 5.92 Å². The molecular weight excluding hydrogens is 212 g/mol. The minimum absolute atomic E-state index is 0.479. The molecule has 0 radical (unpaired) electrons. The molecule has 1 aliphatic carbocycles. The SMILES string of the molecule is CCCC1CCC(O)(Cc2cnn(C)c2)CC1. The lowest BCUT2D eigenvalue weighted by molar-refractivity contribution is -0.00988. The van der Waals surface area contributed by atoms with Crippen LogP contribution in [0.15, 0.2) is 12.4 Å². The number of aliphatic hydroxyl groups is 1. The molecule has 17 heavy (non-hydrogen) atoms. The summed E-state index contributed by atoms with van der Waals surface area (Å²) in [7, 11) is 1.92. The molecule has 2 rings (SSSR count). The van der Waals surface area contributed by atoms with Gasteiger partial charge >= 0.3 is 0 Å². The highest BCUT2D eigenvalue weighted by molar-refractivity contribution is 5.08. The van der Waals surface area contributed by atoms with Gasteiger partial charge in [0.2, 0.25) is 0 Å². The molecule has 1 aliphatic rings. The number of nitrogens with zero attached hydrogens (tertiary/aromatic N) is 2. The molecule has 0 bridgehead atoms. The van der Waals surface area contributed by atoms with Crippen molar-refractivity contribution in [3.8, 4) is 0 Å². The zero-order chi connectivity index (χ0) is 12.3. The van der Waals surface area contributed by atoms with Crippen molar-refractivity contribution in [2.45, 2.75) is 57.5 Å². The van der Waals surface area contributed by atoms with Crippen LogP contribution in [0.2, 0.25) is 0 Å². The van der Waals surface area contributed by atoms with E-state index < -0.39 is 5.60 Å². The van der Waals surface area contributed by atoms with Crippen LogP contribution in [0.5, 0.6) is 0 Å². The van der Waals surface area contributed by atoms with Crippen molar-refractivity contribution in [2.75, 3.05) is 0 Å². The van der Waals surface area contributed by atoms with E-state index in [1.54, 1.807) is 4.68 Å². The van der Waals surface area contributed by atoms with Crippen LogP contribution in [0.3, 0.4) is 0 Å². The molecule has 1 saturated carbocycles. The lowest BCUT2D eigenvalue weighted by atomic mass is 9.75. The van der Waals surface area contributed by atoms with Crippen molar-refractivity contribution >= 4 is 0 Å². The maximum Gasteiger partial charge on any atom is 0.0689 e. The van der Waals surface area contributed by atoms with Crippen LogP contribution in [0.1, 0.15) is 51.0 Å². The largest absolute Gasteiger partial charge is 0.390 e. The summed E-state index contributed by atoms with van der Waals surface area (Å²) in [5.41, 5.74) is 0.678. The third-order valence-electron chi connectivity index (χ3n) is 4.02. The molecule has 0 aliphatic heterocycles. The van der Waals surface area contributed by atoms with Crippen molar-refractivity contribution in [1.82, 2.24) is 9.78 Å². The summed E-state index contributed by atoms with van der Waals surface area (Å²) in [5.74, 6) is 0.842. The van der Waals surface area contributed by atoms with Gasteiger partial charge in [0.15, 0.2) is 0 Å². The maximum absolute atomic E-state index is 10.6. The molecule has 96 valence electrons. The standard InChI is InChI=1S/C14H24N2O/c1-3-4-12-5-7-14(17,8-6-12)9-13-10-15-16(2)11-13/h10-12,17H,3-9H2,1-2H3. The molecule has 0 aromatic carbocycles. The predicted molar refractivity (Wildman–Crippen MR) is 68.7 cm³/mol. The minimum atomic E-state index is -0.479. The molecule has 0 spiro atoms. The number of rotatable bonds is 4. The summed E-state index contributed by atoms with van der Waals surface area (Å²) < 4.78 is 1.81. The first kappa shape index (κ1) is 12.6. The highest BCUT2D eigenvalue weighted by atomic mass is 16.3. The highest BCUT2D eigenvalue weighted by Gasteiger charge is 2.33. The van der Waals surface area contributed by atoms with Crippen molar-refractivity contribution in [2.24, 2.45) is 13.0 Å². The molecule has 1 N–H and O–H groups in total. The highest BCUT2D eigenvalue weighted by Crippen LogP contribution is 2.36. The molecule has 0 atom stereocenters. The molecule has 1 heterocycles. The van der Waals surface area contributed by atoms with Gasteiger partial charge in [-0.05, 0) is 37.2 Å². The summed E-state index contributed by atoms with van der Waals surface area (Å²) in [6.07, 6.45) is 11.5. The summed E-state index contributed by atoms with van der Waals surface area (Å²) in [6, 6.07) is 0. The smallest absolute Gasteiger partial charge is 0.0689 e. The lowest BCUT2D eigenvalue weighted by Gasteiger charge is -2.36. The molecule has 3 heteroatoms. The summed E-state index contributed by atoms with van der Waals surface area (Å²) in [6.45, 7) is 2.25. The van der Waals surface area contributed by atoms with Gasteiger partial charge in [-0.1, -0.05) is 19.8 Å². The van der Waals surface area contributed by atoms with Crippen LogP contribution in [0.4, 0.5) is 0 Å². The Morgan fingerprint density at radius 2 is 2.18 bits per heavy atom. The summed E-state index contributed by atoms with van der Waals surface area (Å²) >= 11 is 0. The van der Waals surface area contributed by atoms with Gasteiger partial charge in [0.25, 0.3) is 0 Å². The van der Waals surface area contributed by atoms with Crippen molar-refractivity contribution in [3.05, 3.63) is 18.0 Å². The Labute approximate surface area is 104 Å². The van der Waals surface area contributed by atoms with E-state index in [9.17, 15) is 5.11 Å². The van der Waals surface area contributed by atoms with Crippen LogP contribution in [-0.2, 0) is 13.5 Å². The second-order valence-corrected chi connectivity index (χ2v) is 5.66. The second kappa shape index (κ2) is 5.21. The fourth-order valence-electron chi connectivity index (χ4n) is 3.03. The van der Waals surface area contributed by atoms with Gasteiger partial charge < -0.3 is 5.11 Å². The van der Waals surface area contributed by atoms with Gasteiger partial charge in [0.05, 0.1) is 11.8 Å². The van der Waals surface area contributed by atoms with Crippen molar-refractivity contribution in [1.29, 1.82) is 0 Å². The van der Waals surface area contributed by atoms with Gasteiger partial charge in [0.1, 0.15) is 0 Å². The van der Waals surface area contributed by atoms with Gasteiger partial charge in [-0.2, -0.15) is 5.10 Å². The third kappa shape index (κ3) is 3.32. The van der Waals surface area contributed by atoms with E-state index in [0.29, 0.717) is 0 Å². The first-order valence-electron chi connectivity index (χ1n) is 6.81. The molecule has 1 aromatic rings. The van der Waals surface area contributed by atoms with Gasteiger partial charge in [0, 0.05) is 19.7 Å². The zero-order valence-corrected chi connectivity index (χ0v) is 11.0. The number of hydrogen-bond acceptors (Lipinski definition) is 2. The summed E-state index contributed by atoms with van der Waals surface area (Å²) in [4.78, 5) is 0. The van der Waals surface area contributed by atoms with E-state index >= 15 is 0 Å². The number of aromatic nitrogens is 2. The fourth-order valence-corrected chi connectivity index (χ4v) is 3.03. The first-order valence-corrected chi connectivity index (χ1v) is 6.81. The maximum atomic E-state index is 10.6. The molecular formula is C14H24N2O. The second-order valence-electron chi connectivity index (χ2n) is 5.66. The zero-order valence-electron chi connectivity index (χ0n) is 11.0. The molecule has 1 fully saturated rings. The topological polar surface area (TPSA) is 38.1 Å². The van der Waals surface area contributed by atoms with Crippen LogP contribution in [-0.4, -0.2) is 20.5 Å². The number of hydrogen-bond donors (Lipinski definition) is 1. The van der Waals surface area contributed by atoms with Gasteiger partial charge in [-0.25, -0.2) is 0 Å². The Hall–Kier alpha value is -0.830. The normalized spacial score (nSPS) is 29.5. The van der Waals surface area contributed by atoms with Crippen LogP contribution < -0.4 is 0 Å². The Morgan fingerprint density at radius 1 is 1.47 bits per heavy atom. The van der Waals surface area contributed by atoms with E-state index in [1.165, 1.54) is 25.7 Å². The van der Waals surface area contributed by atoms with Crippen LogP contribution in [0.25, 0.3) is 0 Å². The Morgan fingerprint density at radius 3 is 2.71 bits per heavy atom. The van der Waals surface area contributed by atoms with Gasteiger partial charge in [-0.15, -0.1) is 0 Å². The van der Waals surface area contributed by atoms with Crippen LogP contribution >= 0.6 is 0 Å². The van der Waals surface area contributed by atoms with Crippen molar-refractivity contribution < 1.29 is 5.11 Å². The molecule has 0 amide bonds. The molecule has 3 nitrogen and oxygen atoms in total. The van der Waals surface area contributed by atoms with E-state index in [4.69, 9.17) is 0 Å². The molecule has 1 aromatic heterocycles. The average Bonchev–Trinajstić information content (AvgIpc) is 2.68. The van der Waals surface area contributed by atoms with E-state index in [0.717, 1.165) is 30.7 Å². The van der Waals surface area contributed by atoms with Gasteiger partial charge in [-0.3, -0.25) is 4.68 Å². The monoisotopic (exact) mass is 236 g/mol. The van der Waals surface area contributed by atoms with E-state index in [-0.39, 0.29) is 0 Å².